The van der Waals surface area contributed by atoms with Gasteiger partial charge in [0.25, 0.3) is 0 Å². The van der Waals surface area contributed by atoms with Gasteiger partial charge in [0.2, 0.25) is 15.9 Å². The van der Waals surface area contributed by atoms with Crippen molar-refractivity contribution in [3.63, 3.8) is 0 Å². The molecule has 48 heavy (non-hydrogen) atoms. The van der Waals surface area contributed by atoms with E-state index in [1.165, 1.54) is 35.0 Å². The summed E-state index contributed by atoms with van der Waals surface area (Å²) < 4.78 is 79.1. The van der Waals surface area contributed by atoms with Crippen molar-refractivity contribution in [1.82, 2.24) is 14.6 Å². The summed E-state index contributed by atoms with van der Waals surface area (Å²) in [5.41, 5.74) is 7.46. The van der Waals surface area contributed by atoms with E-state index in [1.54, 1.807) is 30.3 Å². The smallest absolute Gasteiger partial charge is 0.394 e. The number of alkyl halides is 2. The number of rotatable bonds is 11. The third-order valence-electron chi connectivity index (χ3n) is 8.72. The van der Waals surface area contributed by atoms with E-state index < -0.39 is 45.4 Å². The molecule has 10 nitrogen and oxygen atoms in total. The summed E-state index contributed by atoms with van der Waals surface area (Å²) in [6, 6.07) is 11.3. The zero-order valence-corrected chi connectivity index (χ0v) is 28.2. The van der Waals surface area contributed by atoms with Gasteiger partial charge in [-0.05, 0) is 61.1 Å². The molecule has 15 heteroatoms. The number of morpholine rings is 1. The van der Waals surface area contributed by atoms with Crippen molar-refractivity contribution >= 4 is 33.2 Å². The van der Waals surface area contributed by atoms with Crippen LogP contribution in [0.25, 0.3) is 0 Å². The minimum atomic E-state index is -3.43. The highest BCUT2D eigenvalue weighted by Gasteiger charge is 2.41. The van der Waals surface area contributed by atoms with Crippen LogP contribution in [0.5, 0.6) is 5.75 Å². The number of pyridine rings is 1. The summed E-state index contributed by atoms with van der Waals surface area (Å²) in [5.74, 6) is -2.18. The fraction of sp³-hybridized carbons (Fsp3) is 0.455. The third-order valence-corrected chi connectivity index (χ3v) is 10.3. The van der Waals surface area contributed by atoms with E-state index in [9.17, 15) is 22.0 Å². The van der Waals surface area contributed by atoms with Crippen molar-refractivity contribution < 1.29 is 35.9 Å². The van der Waals surface area contributed by atoms with Gasteiger partial charge in [-0.3, -0.25) is 9.78 Å². The number of halogens is 4. The van der Waals surface area contributed by atoms with Gasteiger partial charge in [0, 0.05) is 49.6 Å². The quantitative estimate of drug-likeness (QED) is 0.261. The van der Waals surface area contributed by atoms with Crippen molar-refractivity contribution in [3.05, 3.63) is 88.5 Å². The summed E-state index contributed by atoms with van der Waals surface area (Å²) in [5, 5.41) is 6.57. The predicted molar refractivity (Wildman–Crippen MR) is 176 cm³/mol. The maximum Gasteiger partial charge on any atom is 0.394 e. The van der Waals surface area contributed by atoms with Crippen LogP contribution < -0.4 is 21.1 Å². The molecule has 1 amide bonds. The first-order chi connectivity index (χ1) is 22.6. The topological polar surface area (TPSA) is 136 Å². The average molecular weight is 710 g/mol. The van der Waals surface area contributed by atoms with Crippen LogP contribution in [0.15, 0.2) is 60.9 Å². The molecule has 0 bridgehead atoms. The zero-order valence-electron chi connectivity index (χ0n) is 26.6. The number of benzene rings is 2. The summed E-state index contributed by atoms with van der Waals surface area (Å²) >= 11 is 6.10. The molecule has 1 aromatic heterocycles. The summed E-state index contributed by atoms with van der Waals surface area (Å²) in [6.07, 6.45) is 1.62. The van der Waals surface area contributed by atoms with Crippen LogP contribution in [0.4, 0.5) is 18.9 Å². The van der Waals surface area contributed by atoms with Crippen molar-refractivity contribution in [2.45, 2.75) is 62.4 Å². The molecule has 3 atom stereocenters. The number of aromatic nitrogens is 1. The molecule has 0 unspecified atom stereocenters. The number of nitrogens with zero attached hydrogens (tertiary/aromatic N) is 2. The minimum absolute atomic E-state index is 0.106. The second kappa shape index (κ2) is 14.7. The lowest BCUT2D eigenvalue weighted by molar-refractivity contribution is -0.159. The van der Waals surface area contributed by atoms with E-state index >= 15 is 4.39 Å². The maximum absolute atomic E-state index is 15.2. The Morgan fingerprint density at radius 1 is 1.21 bits per heavy atom. The predicted octanol–water partition coefficient (Wildman–Crippen LogP) is 4.68. The van der Waals surface area contributed by atoms with Gasteiger partial charge in [0.05, 0.1) is 42.1 Å². The van der Waals surface area contributed by atoms with E-state index in [1.807, 2.05) is 0 Å². The molecule has 4 N–H and O–H groups in total. The number of carbonyl (C=O) groups is 1. The van der Waals surface area contributed by atoms with Crippen molar-refractivity contribution in [2.24, 2.45) is 5.73 Å². The Balaban J connectivity index is 1.31. The first-order valence-corrected chi connectivity index (χ1v) is 17.8. The molecule has 2 aliphatic heterocycles. The number of ether oxygens (including phenoxy) is 2. The Hall–Kier alpha value is -3.27. The molecule has 2 aliphatic rings. The molecule has 3 heterocycles. The Bertz CT molecular complexity index is 1700. The lowest BCUT2D eigenvalue weighted by Crippen LogP contribution is -2.58. The van der Waals surface area contributed by atoms with E-state index in [0.29, 0.717) is 68.5 Å². The Morgan fingerprint density at radius 2 is 1.92 bits per heavy atom. The number of hydrogen-bond donors (Lipinski definition) is 3. The lowest BCUT2D eigenvalue weighted by Gasteiger charge is -2.46. The first kappa shape index (κ1) is 36.0. The molecule has 1 spiro atoms. The molecule has 260 valence electrons. The Labute approximate surface area is 283 Å². The number of anilines is 1. The molecular weight excluding hydrogens is 671 g/mol. The van der Waals surface area contributed by atoms with Crippen LogP contribution in [-0.4, -0.2) is 79.9 Å². The van der Waals surface area contributed by atoms with Gasteiger partial charge >= 0.3 is 6.11 Å². The van der Waals surface area contributed by atoms with Crippen LogP contribution in [0.1, 0.15) is 48.8 Å². The molecule has 0 saturated carbocycles. The highest BCUT2D eigenvalue weighted by Crippen LogP contribution is 2.34. The number of hydrogen-bond acceptors (Lipinski definition) is 8. The summed E-state index contributed by atoms with van der Waals surface area (Å²) in [6.45, 7) is 2.48. The van der Waals surface area contributed by atoms with Gasteiger partial charge in [0.15, 0.2) is 0 Å². The SMILES string of the molecule is CC(F)(F)Oc1cccc([C@H](c2ccc(Cl)cc2)[C@H](N)C(=O)Nc2cncc(F)c2CC[C@@H]2CNCC3(CCN(S(C)(=O)=O)CC3)O2)c1. The number of carbonyl (C=O) groups excluding carboxylic acids is 1. The fourth-order valence-electron chi connectivity index (χ4n) is 6.33. The number of sulfonamides is 1. The monoisotopic (exact) mass is 709 g/mol. The van der Waals surface area contributed by atoms with E-state index in [4.69, 9.17) is 26.8 Å². The lowest BCUT2D eigenvalue weighted by atomic mass is 9.85. The van der Waals surface area contributed by atoms with Crippen LogP contribution in [0.2, 0.25) is 5.02 Å². The molecule has 2 aromatic carbocycles. The average Bonchev–Trinajstić information content (AvgIpc) is 3.01. The third kappa shape index (κ3) is 9.04. The molecule has 0 aliphatic carbocycles. The largest absolute Gasteiger partial charge is 0.433 e. The van der Waals surface area contributed by atoms with E-state index in [0.717, 1.165) is 6.20 Å². The van der Waals surface area contributed by atoms with E-state index in [2.05, 4.69) is 15.6 Å². The fourth-order valence-corrected chi connectivity index (χ4v) is 7.30. The van der Waals surface area contributed by atoms with Gasteiger partial charge in [-0.25, -0.2) is 17.1 Å². The molecule has 0 radical (unpaired) electrons. The second-order valence-corrected chi connectivity index (χ2v) is 14.8. The van der Waals surface area contributed by atoms with Crippen molar-refractivity contribution in [2.75, 3.05) is 37.8 Å². The standard InChI is InChI=1S/C33H39ClF3N5O5S/c1-32(36,37)46-24-5-3-4-22(16-24)29(21-6-8-23(34)9-7-21)30(38)31(43)41-28-19-39-18-27(35)26(28)11-10-25-17-40-20-33(47-25)12-14-42(15-13-33)48(2,44)45/h3-9,16,18-19,25,29-30,40H,10-15,17,20,38H2,1-2H3,(H,41,43)/t25-,29+,30+/m1/s1. The van der Waals surface area contributed by atoms with Crippen LogP contribution in [0.3, 0.4) is 0 Å². The van der Waals surface area contributed by atoms with E-state index in [-0.39, 0.29) is 29.5 Å². The minimum Gasteiger partial charge on any atom is -0.433 e. The van der Waals surface area contributed by atoms with Crippen molar-refractivity contribution in [3.8, 4) is 5.75 Å². The number of nitrogens with two attached hydrogens (primary N) is 1. The van der Waals surface area contributed by atoms with Crippen LogP contribution in [-0.2, 0) is 26.0 Å². The number of nitrogens with one attached hydrogen (secondary N) is 2. The van der Waals surface area contributed by atoms with Gasteiger partial charge in [-0.2, -0.15) is 8.78 Å². The molecule has 2 fully saturated rings. The summed E-state index contributed by atoms with van der Waals surface area (Å²) in [7, 11) is -3.29. The summed E-state index contributed by atoms with van der Waals surface area (Å²) in [4.78, 5) is 17.6. The Kier molecular flexibility index (Phi) is 11.0. The molecule has 3 aromatic rings. The van der Waals surface area contributed by atoms with Crippen molar-refractivity contribution in [1.29, 1.82) is 0 Å². The molecular formula is C33H39ClF3N5O5S. The number of amides is 1. The van der Waals surface area contributed by atoms with Crippen LogP contribution >= 0.6 is 11.6 Å². The number of piperidine rings is 1. The van der Waals surface area contributed by atoms with Gasteiger partial charge in [-0.15, -0.1) is 0 Å². The highest BCUT2D eigenvalue weighted by atomic mass is 35.5. The zero-order chi connectivity index (χ0) is 34.7. The van der Waals surface area contributed by atoms with Gasteiger partial charge in [-0.1, -0.05) is 35.9 Å². The maximum atomic E-state index is 15.2. The normalized spacial score (nSPS) is 19.9. The second-order valence-electron chi connectivity index (χ2n) is 12.4. The molecule has 5 rings (SSSR count). The first-order valence-electron chi connectivity index (χ1n) is 15.6. The highest BCUT2D eigenvalue weighted by molar-refractivity contribution is 7.88. The molecule has 2 saturated heterocycles. The Morgan fingerprint density at radius 3 is 2.58 bits per heavy atom. The van der Waals surface area contributed by atoms with Gasteiger partial charge in [0.1, 0.15) is 11.6 Å². The van der Waals surface area contributed by atoms with Crippen LogP contribution in [0, 0.1) is 5.82 Å². The van der Waals surface area contributed by atoms with Gasteiger partial charge < -0.3 is 25.8 Å².